The molecule has 1 aliphatic rings. The Morgan fingerprint density at radius 2 is 1.89 bits per heavy atom. The minimum atomic E-state index is -0.760. The van der Waals surface area contributed by atoms with E-state index in [1.807, 2.05) is 23.1 Å². The third-order valence-corrected chi connectivity index (χ3v) is 4.08. The number of carboxylic acids is 1. The molecule has 104 valence electrons. The topological polar surface area (TPSA) is 43.8 Å². The molecule has 1 aliphatic heterocycles. The first-order valence-corrected chi connectivity index (χ1v) is 7.32. The van der Waals surface area contributed by atoms with Crippen molar-refractivity contribution in [2.24, 2.45) is 0 Å². The number of halogens is 2. The first-order valence-electron chi connectivity index (χ1n) is 6.15. The Labute approximate surface area is 126 Å². The summed E-state index contributed by atoms with van der Waals surface area (Å²) in [5.41, 5.74) is 1.11. The minimum Gasteiger partial charge on any atom is -0.480 e. The van der Waals surface area contributed by atoms with Crippen LogP contribution in [0.15, 0.2) is 22.7 Å². The molecule has 0 bridgehead atoms. The first kappa shape index (κ1) is 14.8. The Morgan fingerprint density at radius 1 is 1.26 bits per heavy atom. The van der Waals surface area contributed by atoms with Crippen molar-refractivity contribution in [1.82, 2.24) is 9.80 Å². The second-order valence-electron chi connectivity index (χ2n) is 4.68. The Balaban J connectivity index is 1.87. The maximum Gasteiger partial charge on any atom is 0.317 e. The number of rotatable bonds is 4. The lowest BCUT2D eigenvalue weighted by atomic mass is 10.2. The fourth-order valence-corrected chi connectivity index (χ4v) is 2.92. The highest BCUT2D eigenvalue weighted by Crippen LogP contribution is 2.23. The lowest BCUT2D eigenvalue weighted by molar-refractivity contribution is -0.138. The van der Waals surface area contributed by atoms with Gasteiger partial charge in [0.25, 0.3) is 0 Å². The fraction of sp³-hybridized carbons (Fsp3) is 0.462. The predicted octanol–water partition coefficient (Wildman–Crippen LogP) is 2.30. The molecule has 0 unspecified atom stereocenters. The monoisotopic (exact) mass is 346 g/mol. The average Bonchev–Trinajstić information content (AvgIpc) is 2.34. The van der Waals surface area contributed by atoms with Crippen LogP contribution in [0.5, 0.6) is 0 Å². The van der Waals surface area contributed by atoms with Crippen LogP contribution in [0.4, 0.5) is 0 Å². The van der Waals surface area contributed by atoms with Gasteiger partial charge in [-0.2, -0.15) is 0 Å². The zero-order chi connectivity index (χ0) is 13.8. The molecule has 19 heavy (non-hydrogen) atoms. The van der Waals surface area contributed by atoms with E-state index in [1.165, 1.54) is 0 Å². The summed E-state index contributed by atoms with van der Waals surface area (Å²) in [6.45, 7) is 4.28. The summed E-state index contributed by atoms with van der Waals surface area (Å²) >= 11 is 9.59. The van der Waals surface area contributed by atoms with Gasteiger partial charge in [-0.15, -0.1) is 0 Å². The van der Waals surface area contributed by atoms with Crippen LogP contribution >= 0.6 is 27.5 Å². The predicted molar refractivity (Wildman–Crippen MR) is 78.5 cm³/mol. The molecule has 0 aliphatic carbocycles. The highest BCUT2D eigenvalue weighted by molar-refractivity contribution is 9.10. The minimum absolute atomic E-state index is 0.132. The van der Waals surface area contributed by atoms with Crippen molar-refractivity contribution in [3.8, 4) is 0 Å². The summed E-state index contributed by atoms with van der Waals surface area (Å²) in [7, 11) is 0. The number of hydrogen-bond acceptors (Lipinski definition) is 3. The molecule has 0 atom stereocenters. The zero-order valence-electron chi connectivity index (χ0n) is 10.5. The van der Waals surface area contributed by atoms with Gasteiger partial charge in [0.2, 0.25) is 0 Å². The molecule has 1 N–H and O–H groups in total. The van der Waals surface area contributed by atoms with Gasteiger partial charge in [0.05, 0.1) is 6.54 Å². The van der Waals surface area contributed by atoms with E-state index in [0.717, 1.165) is 47.8 Å². The summed E-state index contributed by atoms with van der Waals surface area (Å²) in [6.07, 6.45) is 0. The molecule has 1 saturated heterocycles. The summed E-state index contributed by atoms with van der Waals surface area (Å²) in [5, 5.41) is 9.52. The van der Waals surface area contributed by atoms with E-state index >= 15 is 0 Å². The number of aliphatic carboxylic acids is 1. The van der Waals surface area contributed by atoms with Crippen LogP contribution in [0, 0.1) is 0 Å². The van der Waals surface area contributed by atoms with Crippen LogP contribution in [0.2, 0.25) is 5.02 Å². The molecule has 4 nitrogen and oxygen atoms in total. The number of piperazine rings is 1. The van der Waals surface area contributed by atoms with Crippen molar-refractivity contribution in [2.75, 3.05) is 32.7 Å². The summed E-state index contributed by atoms with van der Waals surface area (Å²) in [5.74, 6) is -0.760. The quantitative estimate of drug-likeness (QED) is 0.908. The maximum atomic E-state index is 10.6. The Kier molecular flexibility index (Phi) is 5.21. The number of carboxylic acid groups (broad SMARTS) is 1. The van der Waals surface area contributed by atoms with Crippen molar-refractivity contribution in [3.05, 3.63) is 33.3 Å². The molecule has 0 aromatic heterocycles. The molecule has 1 fully saturated rings. The van der Waals surface area contributed by atoms with Crippen molar-refractivity contribution in [2.45, 2.75) is 6.54 Å². The Hall–Kier alpha value is -0.620. The van der Waals surface area contributed by atoms with Crippen molar-refractivity contribution in [1.29, 1.82) is 0 Å². The van der Waals surface area contributed by atoms with Gasteiger partial charge >= 0.3 is 5.97 Å². The normalized spacial score (nSPS) is 17.6. The van der Waals surface area contributed by atoms with Crippen LogP contribution in [0.1, 0.15) is 5.56 Å². The molecule has 6 heteroatoms. The van der Waals surface area contributed by atoms with Crippen LogP contribution in [0.3, 0.4) is 0 Å². The number of benzene rings is 1. The van der Waals surface area contributed by atoms with Gasteiger partial charge < -0.3 is 5.11 Å². The standard InChI is InChI=1S/C13H16BrClN2O2/c14-11-2-1-10(12(15)7-11)8-16-3-5-17(6-4-16)9-13(18)19/h1-2,7H,3-6,8-9H2,(H,18,19). The first-order chi connectivity index (χ1) is 9.04. The van der Waals surface area contributed by atoms with Gasteiger partial charge in [0, 0.05) is 42.2 Å². The van der Waals surface area contributed by atoms with E-state index in [9.17, 15) is 4.79 Å². The molecular weight excluding hydrogens is 332 g/mol. The van der Waals surface area contributed by atoms with Gasteiger partial charge in [-0.25, -0.2) is 0 Å². The maximum absolute atomic E-state index is 10.6. The summed E-state index contributed by atoms with van der Waals surface area (Å²) in [6, 6.07) is 5.91. The van der Waals surface area contributed by atoms with E-state index in [-0.39, 0.29) is 6.54 Å². The number of carbonyl (C=O) groups is 1. The molecule has 1 aromatic rings. The van der Waals surface area contributed by atoms with Gasteiger partial charge in [0.15, 0.2) is 0 Å². The molecule has 2 rings (SSSR count). The molecule has 1 aromatic carbocycles. The molecule has 0 spiro atoms. The molecule has 0 saturated carbocycles. The third kappa shape index (κ3) is 4.45. The lowest BCUT2D eigenvalue weighted by Gasteiger charge is -2.33. The average molecular weight is 348 g/mol. The fourth-order valence-electron chi connectivity index (χ4n) is 2.19. The summed E-state index contributed by atoms with van der Waals surface area (Å²) in [4.78, 5) is 14.9. The van der Waals surface area contributed by atoms with Crippen LogP contribution in [0.25, 0.3) is 0 Å². The molecule has 0 amide bonds. The van der Waals surface area contributed by atoms with Gasteiger partial charge in [-0.05, 0) is 17.7 Å². The molecule has 1 heterocycles. The molecular formula is C13H16BrClN2O2. The highest BCUT2D eigenvalue weighted by Gasteiger charge is 2.19. The number of nitrogens with zero attached hydrogens (tertiary/aromatic N) is 2. The van der Waals surface area contributed by atoms with E-state index in [0.29, 0.717) is 0 Å². The van der Waals surface area contributed by atoms with Crippen molar-refractivity contribution >= 4 is 33.5 Å². The Morgan fingerprint density at radius 3 is 2.47 bits per heavy atom. The van der Waals surface area contributed by atoms with Gasteiger partial charge in [-0.3, -0.25) is 14.6 Å². The van der Waals surface area contributed by atoms with E-state index < -0.39 is 5.97 Å². The smallest absolute Gasteiger partial charge is 0.317 e. The Bertz CT molecular complexity index is 462. The number of hydrogen-bond donors (Lipinski definition) is 1. The van der Waals surface area contributed by atoms with E-state index in [2.05, 4.69) is 20.8 Å². The second-order valence-corrected chi connectivity index (χ2v) is 6.00. The van der Waals surface area contributed by atoms with Gasteiger partial charge in [0.1, 0.15) is 0 Å². The van der Waals surface area contributed by atoms with Crippen molar-refractivity contribution < 1.29 is 9.90 Å². The van der Waals surface area contributed by atoms with Crippen LogP contribution < -0.4 is 0 Å². The molecule has 0 radical (unpaired) electrons. The highest BCUT2D eigenvalue weighted by atomic mass is 79.9. The lowest BCUT2D eigenvalue weighted by Crippen LogP contribution is -2.47. The van der Waals surface area contributed by atoms with E-state index in [4.69, 9.17) is 16.7 Å². The van der Waals surface area contributed by atoms with Crippen LogP contribution in [-0.4, -0.2) is 53.6 Å². The van der Waals surface area contributed by atoms with Crippen LogP contribution in [-0.2, 0) is 11.3 Å². The largest absolute Gasteiger partial charge is 0.480 e. The summed E-state index contributed by atoms with van der Waals surface area (Å²) < 4.78 is 0.979. The third-order valence-electron chi connectivity index (χ3n) is 3.23. The van der Waals surface area contributed by atoms with Gasteiger partial charge in [-0.1, -0.05) is 33.6 Å². The van der Waals surface area contributed by atoms with E-state index in [1.54, 1.807) is 0 Å². The zero-order valence-corrected chi connectivity index (χ0v) is 12.8. The van der Waals surface area contributed by atoms with Crippen molar-refractivity contribution in [3.63, 3.8) is 0 Å². The SMILES string of the molecule is O=C(O)CN1CCN(Cc2ccc(Br)cc2Cl)CC1. The second kappa shape index (κ2) is 6.70.